The summed E-state index contributed by atoms with van der Waals surface area (Å²) < 4.78 is 18.4. The number of carbonyl (C=O) groups is 1. The van der Waals surface area contributed by atoms with E-state index in [1.807, 2.05) is 0 Å². The lowest BCUT2D eigenvalue weighted by atomic mass is 10.1. The fourth-order valence-electron chi connectivity index (χ4n) is 1.33. The van der Waals surface area contributed by atoms with Crippen molar-refractivity contribution in [3.63, 3.8) is 0 Å². The molecule has 0 amide bonds. The van der Waals surface area contributed by atoms with E-state index >= 15 is 0 Å². The number of halogens is 3. The number of aromatic nitrogens is 1. The van der Waals surface area contributed by atoms with Crippen LogP contribution in [-0.4, -0.2) is 16.3 Å². The van der Waals surface area contributed by atoms with Gasteiger partial charge in [-0.2, -0.15) is 0 Å². The molecule has 0 unspecified atom stereocenters. The van der Waals surface area contributed by atoms with Crippen LogP contribution in [0.1, 0.15) is 10.6 Å². The van der Waals surface area contributed by atoms with Crippen LogP contribution in [0.4, 0.5) is 4.39 Å². The molecule has 0 aliphatic heterocycles. The lowest BCUT2D eigenvalue weighted by molar-refractivity contribution is 0.0985. The summed E-state index contributed by atoms with van der Waals surface area (Å²) in [5.74, 6) is -0.712. The molecule has 2 aromatic rings. The number of Topliss-reactive ketones (excluding diaryl/α,β-unsaturated/α-hetero) is 1. The van der Waals surface area contributed by atoms with E-state index in [2.05, 4.69) is 21.1 Å². The minimum atomic E-state index is -0.511. The van der Waals surface area contributed by atoms with Crippen molar-refractivity contribution in [3.05, 3.63) is 40.9 Å². The fourth-order valence-corrected chi connectivity index (χ4v) is 1.87. The van der Waals surface area contributed by atoms with Crippen molar-refractivity contribution < 1.29 is 13.7 Å². The van der Waals surface area contributed by atoms with Crippen LogP contribution in [0.2, 0.25) is 5.02 Å². The molecule has 17 heavy (non-hydrogen) atoms. The molecule has 0 aliphatic carbocycles. The molecular weight excluding hydrogens is 312 g/mol. The van der Waals surface area contributed by atoms with Gasteiger partial charge in [0.15, 0.2) is 0 Å². The van der Waals surface area contributed by atoms with E-state index in [-0.39, 0.29) is 33.2 Å². The van der Waals surface area contributed by atoms with Crippen molar-refractivity contribution in [2.24, 2.45) is 0 Å². The standard InChI is InChI=1S/C11H6BrClFNO2/c12-5-9(16)10-4-8(15-17-10)11-6(13)2-1-3-7(11)14/h1-4H,5H2. The molecular formula is C11H6BrClFNO2. The molecule has 0 saturated carbocycles. The number of hydrogen-bond acceptors (Lipinski definition) is 3. The third-order valence-electron chi connectivity index (χ3n) is 2.13. The SMILES string of the molecule is O=C(CBr)c1cc(-c2c(F)cccc2Cl)no1. The number of nitrogens with zero attached hydrogens (tertiary/aromatic N) is 1. The summed E-state index contributed by atoms with van der Waals surface area (Å²) in [6, 6.07) is 5.67. The average Bonchev–Trinajstić information content (AvgIpc) is 2.77. The first-order chi connectivity index (χ1) is 8.13. The predicted octanol–water partition coefficient (Wildman–Crippen LogP) is 3.71. The van der Waals surface area contributed by atoms with Crippen LogP contribution in [0.25, 0.3) is 11.3 Å². The average molecular weight is 319 g/mol. The zero-order valence-corrected chi connectivity index (χ0v) is 10.8. The molecule has 0 bridgehead atoms. The van der Waals surface area contributed by atoms with Gasteiger partial charge in [0.25, 0.3) is 0 Å². The van der Waals surface area contributed by atoms with Gasteiger partial charge in [-0.1, -0.05) is 38.8 Å². The normalized spacial score (nSPS) is 10.5. The third kappa shape index (κ3) is 2.40. The first kappa shape index (κ1) is 12.3. The third-order valence-corrected chi connectivity index (χ3v) is 2.95. The summed E-state index contributed by atoms with van der Waals surface area (Å²) in [6.07, 6.45) is 0. The quantitative estimate of drug-likeness (QED) is 0.640. The van der Waals surface area contributed by atoms with Crippen LogP contribution in [-0.2, 0) is 0 Å². The number of benzene rings is 1. The van der Waals surface area contributed by atoms with E-state index in [0.717, 1.165) is 0 Å². The molecule has 0 N–H and O–H groups in total. The Bertz CT molecular complexity index is 550. The number of alkyl halides is 1. The zero-order valence-electron chi connectivity index (χ0n) is 8.41. The molecule has 0 atom stereocenters. The minimum Gasteiger partial charge on any atom is -0.352 e. The summed E-state index contributed by atoms with van der Waals surface area (Å²) in [5, 5.41) is 3.97. The van der Waals surface area contributed by atoms with E-state index < -0.39 is 5.82 Å². The van der Waals surface area contributed by atoms with Crippen molar-refractivity contribution in [1.82, 2.24) is 5.16 Å². The molecule has 0 aliphatic rings. The highest BCUT2D eigenvalue weighted by atomic mass is 79.9. The smallest absolute Gasteiger partial charge is 0.211 e. The number of ketones is 1. The Morgan fingerprint density at radius 2 is 2.29 bits per heavy atom. The molecule has 0 saturated heterocycles. The van der Waals surface area contributed by atoms with Gasteiger partial charge in [-0.3, -0.25) is 4.79 Å². The molecule has 1 aromatic carbocycles. The van der Waals surface area contributed by atoms with Gasteiger partial charge in [0, 0.05) is 6.07 Å². The van der Waals surface area contributed by atoms with E-state index in [1.165, 1.54) is 18.2 Å². The lowest BCUT2D eigenvalue weighted by Gasteiger charge is -2.00. The summed E-state index contributed by atoms with van der Waals surface area (Å²) in [4.78, 5) is 11.3. The van der Waals surface area contributed by atoms with Crippen LogP contribution in [0.3, 0.4) is 0 Å². The Morgan fingerprint density at radius 3 is 2.94 bits per heavy atom. The van der Waals surface area contributed by atoms with E-state index in [4.69, 9.17) is 16.1 Å². The second-order valence-electron chi connectivity index (χ2n) is 3.23. The van der Waals surface area contributed by atoms with Gasteiger partial charge in [0.2, 0.25) is 11.5 Å². The maximum Gasteiger partial charge on any atom is 0.211 e. The van der Waals surface area contributed by atoms with Gasteiger partial charge in [-0.05, 0) is 12.1 Å². The highest BCUT2D eigenvalue weighted by molar-refractivity contribution is 9.09. The van der Waals surface area contributed by atoms with Gasteiger partial charge in [-0.15, -0.1) is 0 Å². The van der Waals surface area contributed by atoms with Gasteiger partial charge < -0.3 is 4.52 Å². The maximum atomic E-state index is 13.6. The lowest BCUT2D eigenvalue weighted by Crippen LogP contribution is -1.96. The highest BCUT2D eigenvalue weighted by Crippen LogP contribution is 2.30. The van der Waals surface area contributed by atoms with Crippen molar-refractivity contribution >= 4 is 33.3 Å². The van der Waals surface area contributed by atoms with E-state index in [9.17, 15) is 9.18 Å². The predicted molar refractivity (Wildman–Crippen MR) is 65.0 cm³/mol. The molecule has 0 spiro atoms. The molecule has 6 heteroatoms. The monoisotopic (exact) mass is 317 g/mol. The first-order valence-electron chi connectivity index (χ1n) is 4.63. The van der Waals surface area contributed by atoms with Gasteiger partial charge in [0.1, 0.15) is 11.5 Å². The summed E-state index contributed by atoms with van der Waals surface area (Å²) in [5.41, 5.74) is 0.337. The molecule has 1 heterocycles. The van der Waals surface area contributed by atoms with Crippen LogP contribution in [0, 0.1) is 5.82 Å². The van der Waals surface area contributed by atoms with Crippen LogP contribution >= 0.6 is 27.5 Å². The topological polar surface area (TPSA) is 43.1 Å². The van der Waals surface area contributed by atoms with Crippen LogP contribution in [0.15, 0.2) is 28.8 Å². The number of carbonyl (C=O) groups excluding carboxylic acids is 1. The van der Waals surface area contributed by atoms with Gasteiger partial charge >= 0.3 is 0 Å². The molecule has 0 fully saturated rings. The van der Waals surface area contributed by atoms with Crippen molar-refractivity contribution in [1.29, 1.82) is 0 Å². The maximum absolute atomic E-state index is 13.6. The van der Waals surface area contributed by atoms with Crippen LogP contribution < -0.4 is 0 Å². The number of hydrogen-bond donors (Lipinski definition) is 0. The first-order valence-corrected chi connectivity index (χ1v) is 6.13. The number of rotatable bonds is 3. The molecule has 0 radical (unpaired) electrons. The summed E-state index contributed by atoms with van der Waals surface area (Å²) in [6.45, 7) is 0. The minimum absolute atomic E-state index is 0.0659. The summed E-state index contributed by atoms with van der Waals surface area (Å²) >= 11 is 8.88. The Balaban J connectivity index is 2.47. The van der Waals surface area contributed by atoms with Crippen LogP contribution in [0.5, 0.6) is 0 Å². The second-order valence-corrected chi connectivity index (χ2v) is 4.20. The Kier molecular flexibility index (Phi) is 3.59. The Hall–Kier alpha value is -1.20. The van der Waals surface area contributed by atoms with E-state index in [0.29, 0.717) is 0 Å². The van der Waals surface area contributed by atoms with Gasteiger partial charge in [0.05, 0.1) is 15.9 Å². The molecule has 88 valence electrons. The Labute approximate surface area is 110 Å². The van der Waals surface area contributed by atoms with Crippen molar-refractivity contribution in [2.75, 3.05) is 5.33 Å². The van der Waals surface area contributed by atoms with E-state index in [1.54, 1.807) is 6.07 Å². The molecule has 3 nitrogen and oxygen atoms in total. The fraction of sp³-hybridized carbons (Fsp3) is 0.0909. The zero-order chi connectivity index (χ0) is 12.4. The summed E-state index contributed by atoms with van der Waals surface area (Å²) in [7, 11) is 0. The highest BCUT2D eigenvalue weighted by Gasteiger charge is 2.17. The molecule has 1 aromatic heterocycles. The van der Waals surface area contributed by atoms with Crippen molar-refractivity contribution in [2.45, 2.75) is 0 Å². The van der Waals surface area contributed by atoms with Gasteiger partial charge in [-0.25, -0.2) is 4.39 Å². The molecule has 2 rings (SSSR count). The Morgan fingerprint density at radius 1 is 1.53 bits per heavy atom. The van der Waals surface area contributed by atoms with Crippen molar-refractivity contribution in [3.8, 4) is 11.3 Å². The second kappa shape index (κ2) is 4.98. The largest absolute Gasteiger partial charge is 0.352 e.